The van der Waals surface area contributed by atoms with Gasteiger partial charge in [-0.1, -0.05) is 71.9 Å². The highest BCUT2D eigenvalue weighted by atomic mass is 28.4. The van der Waals surface area contributed by atoms with Crippen molar-refractivity contribution in [3.05, 3.63) is 35.9 Å². The van der Waals surface area contributed by atoms with Crippen molar-refractivity contribution >= 4 is 16.6 Å². The predicted octanol–water partition coefficient (Wildman–Crippen LogP) is 6.94. The Morgan fingerprint density at radius 3 is 1.82 bits per heavy atom. The molecule has 0 spiro atoms. The van der Waals surface area contributed by atoms with Crippen molar-refractivity contribution in [1.82, 2.24) is 0 Å². The van der Waals surface area contributed by atoms with Gasteiger partial charge in [-0.2, -0.15) is 0 Å². The van der Waals surface area contributed by atoms with Gasteiger partial charge >= 0.3 is 0 Å². The second-order valence-corrected chi connectivity index (χ2v) is 22.4. The lowest BCUT2D eigenvalue weighted by atomic mass is 10.0. The molecule has 4 nitrogen and oxygen atoms in total. The summed E-state index contributed by atoms with van der Waals surface area (Å²) in [4.78, 5) is 0. The van der Waals surface area contributed by atoms with Crippen molar-refractivity contribution < 1.29 is 18.7 Å². The SMILES string of the molecule is CC(C)(C)[Si](C)(C)O[C@H](C[C@H](CCc1ccccc1)O[Si](C)(C)C(C)(C)C)C[C@@H]1O[C@H]1CO. The zero-order valence-electron chi connectivity index (χ0n) is 22.9. The summed E-state index contributed by atoms with van der Waals surface area (Å²) >= 11 is 0. The van der Waals surface area contributed by atoms with Crippen LogP contribution in [0.2, 0.25) is 36.3 Å². The Labute approximate surface area is 205 Å². The second-order valence-electron chi connectivity index (χ2n) is 12.9. The summed E-state index contributed by atoms with van der Waals surface area (Å²) in [6, 6.07) is 10.7. The fourth-order valence-corrected chi connectivity index (χ4v) is 6.46. The molecule has 1 fully saturated rings. The van der Waals surface area contributed by atoms with E-state index in [1.54, 1.807) is 0 Å². The number of aryl methyl sites for hydroxylation is 1. The molecule has 0 aliphatic carbocycles. The molecule has 0 radical (unpaired) electrons. The van der Waals surface area contributed by atoms with E-state index in [1.165, 1.54) is 5.56 Å². The fourth-order valence-electron chi connectivity index (χ4n) is 3.68. The molecule has 6 heteroatoms. The quantitative estimate of drug-likeness (QED) is 0.252. The number of hydrogen-bond acceptors (Lipinski definition) is 4. The maximum Gasteiger partial charge on any atom is 0.192 e. The predicted molar refractivity (Wildman–Crippen MR) is 144 cm³/mol. The first kappa shape index (κ1) is 28.7. The van der Waals surface area contributed by atoms with Gasteiger partial charge in [-0.3, -0.25) is 0 Å². The molecule has 0 bridgehead atoms. The minimum absolute atomic E-state index is 0.0282. The first-order chi connectivity index (χ1) is 15.1. The van der Waals surface area contributed by atoms with Crippen molar-refractivity contribution in [2.75, 3.05) is 6.61 Å². The summed E-state index contributed by atoms with van der Waals surface area (Å²) < 4.78 is 19.7. The largest absolute Gasteiger partial charge is 0.414 e. The van der Waals surface area contributed by atoms with Crippen molar-refractivity contribution in [2.24, 2.45) is 0 Å². The van der Waals surface area contributed by atoms with Crippen LogP contribution in [0.4, 0.5) is 0 Å². The van der Waals surface area contributed by atoms with Crippen LogP contribution in [0.1, 0.15) is 66.4 Å². The summed E-state index contributed by atoms with van der Waals surface area (Å²) in [5.41, 5.74) is 1.36. The van der Waals surface area contributed by atoms with Gasteiger partial charge in [0.05, 0.1) is 18.8 Å². The normalized spacial score (nSPS) is 21.7. The van der Waals surface area contributed by atoms with Gasteiger partial charge in [0.25, 0.3) is 0 Å². The van der Waals surface area contributed by atoms with Crippen molar-refractivity contribution in [1.29, 1.82) is 0 Å². The van der Waals surface area contributed by atoms with Crippen LogP contribution in [0, 0.1) is 0 Å². The number of benzene rings is 1. The zero-order chi connectivity index (χ0) is 25.1. The standard InChI is InChI=1S/C27H50O4Si2/c1-26(2,3)32(7,8)30-22(17-16-21-14-12-11-13-15-21)18-23(19-24-25(20-28)29-24)31-33(9,10)27(4,5)6/h11-15,22-25,28H,16-20H2,1-10H3/t22-,23+,24-,25-/m0/s1. The van der Waals surface area contributed by atoms with E-state index in [0.29, 0.717) is 0 Å². The van der Waals surface area contributed by atoms with Gasteiger partial charge < -0.3 is 18.7 Å². The van der Waals surface area contributed by atoms with Gasteiger partial charge in [0, 0.05) is 12.5 Å². The average Bonchev–Trinajstić information content (AvgIpc) is 3.42. The molecule has 1 heterocycles. The molecule has 4 atom stereocenters. The lowest BCUT2D eigenvalue weighted by Crippen LogP contribution is -2.47. The van der Waals surface area contributed by atoms with E-state index < -0.39 is 16.6 Å². The number of ether oxygens (including phenoxy) is 1. The minimum atomic E-state index is -1.95. The third kappa shape index (κ3) is 8.58. The number of aliphatic hydroxyl groups is 1. The monoisotopic (exact) mass is 494 g/mol. The molecule has 1 saturated heterocycles. The third-order valence-corrected chi connectivity index (χ3v) is 17.1. The number of rotatable bonds is 12. The van der Waals surface area contributed by atoms with Gasteiger partial charge in [-0.25, -0.2) is 0 Å². The van der Waals surface area contributed by atoms with Crippen LogP contribution in [0.5, 0.6) is 0 Å². The average molecular weight is 495 g/mol. The van der Waals surface area contributed by atoms with Crippen molar-refractivity contribution in [3.8, 4) is 0 Å². The smallest absolute Gasteiger partial charge is 0.192 e. The van der Waals surface area contributed by atoms with Gasteiger partial charge in [0.2, 0.25) is 0 Å². The van der Waals surface area contributed by atoms with E-state index in [1.807, 2.05) is 0 Å². The van der Waals surface area contributed by atoms with Crippen molar-refractivity contribution in [3.63, 3.8) is 0 Å². The van der Waals surface area contributed by atoms with Gasteiger partial charge in [-0.15, -0.1) is 0 Å². The maximum absolute atomic E-state index is 9.51. The summed E-state index contributed by atoms with van der Waals surface area (Å²) in [6.45, 7) is 23.2. The summed E-state index contributed by atoms with van der Waals surface area (Å²) in [5, 5.41) is 9.82. The summed E-state index contributed by atoms with van der Waals surface area (Å²) in [5.74, 6) is 0. The van der Waals surface area contributed by atoms with E-state index in [4.69, 9.17) is 13.6 Å². The molecule has 1 N–H and O–H groups in total. The second kappa shape index (κ2) is 11.0. The van der Waals surface area contributed by atoms with E-state index in [-0.39, 0.29) is 41.1 Å². The maximum atomic E-state index is 9.51. The van der Waals surface area contributed by atoms with Gasteiger partial charge in [0.1, 0.15) is 6.10 Å². The molecule has 0 unspecified atom stereocenters. The highest BCUT2D eigenvalue weighted by Gasteiger charge is 2.45. The molecule has 190 valence electrons. The first-order valence-corrected chi connectivity index (χ1v) is 18.5. The van der Waals surface area contributed by atoms with E-state index >= 15 is 0 Å². The Bertz CT molecular complexity index is 722. The lowest BCUT2D eigenvalue weighted by molar-refractivity contribution is 0.0779. The molecule has 0 saturated carbocycles. The van der Waals surface area contributed by atoms with Gasteiger partial charge in [0.15, 0.2) is 16.6 Å². The molecular formula is C27H50O4Si2. The summed E-state index contributed by atoms with van der Waals surface area (Å²) in [6.07, 6.45) is 4.01. The molecule has 1 aliphatic rings. The highest BCUT2D eigenvalue weighted by molar-refractivity contribution is 6.74. The third-order valence-electron chi connectivity index (χ3n) is 8.02. The van der Waals surface area contributed by atoms with Crippen LogP contribution >= 0.6 is 0 Å². The molecule has 33 heavy (non-hydrogen) atoms. The molecule has 1 aromatic carbocycles. The highest BCUT2D eigenvalue weighted by Crippen LogP contribution is 2.41. The number of aliphatic hydroxyl groups excluding tert-OH is 1. The van der Waals surface area contributed by atoms with Crippen molar-refractivity contribution in [2.45, 2.75) is 128 Å². The minimum Gasteiger partial charge on any atom is -0.414 e. The molecule has 1 aromatic rings. The van der Waals surface area contributed by atoms with Crippen LogP contribution < -0.4 is 0 Å². The van der Waals surface area contributed by atoms with Crippen LogP contribution in [0.15, 0.2) is 30.3 Å². The Balaban J connectivity index is 2.21. The number of hydrogen-bond donors (Lipinski definition) is 1. The molecule has 2 rings (SSSR count). The molecule has 1 aliphatic heterocycles. The van der Waals surface area contributed by atoms with Crippen LogP contribution in [0.3, 0.4) is 0 Å². The van der Waals surface area contributed by atoms with Crippen LogP contribution in [-0.2, 0) is 20.0 Å². The molecule has 0 amide bonds. The Morgan fingerprint density at radius 1 is 0.848 bits per heavy atom. The fraction of sp³-hybridized carbons (Fsp3) is 0.778. The molecular weight excluding hydrogens is 444 g/mol. The van der Waals surface area contributed by atoms with E-state index in [9.17, 15) is 5.11 Å². The van der Waals surface area contributed by atoms with Gasteiger partial charge in [-0.05, 0) is 61.1 Å². The lowest BCUT2D eigenvalue weighted by Gasteiger charge is -2.42. The van der Waals surface area contributed by atoms with Crippen LogP contribution in [-0.4, -0.2) is 52.8 Å². The Morgan fingerprint density at radius 2 is 1.36 bits per heavy atom. The van der Waals surface area contributed by atoms with E-state index in [2.05, 4.69) is 98.1 Å². The topological polar surface area (TPSA) is 51.2 Å². The molecule has 0 aromatic heterocycles. The Kier molecular flexibility index (Phi) is 9.61. The Hall–Kier alpha value is -0.506. The van der Waals surface area contributed by atoms with Crippen LogP contribution in [0.25, 0.3) is 0 Å². The summed E-state index contributed by atoms with van der Waals surface area (Å²) in [7, 11) is -3.88. The first-order valence-electron chi connectivity index (χ1n) is 12.7. The zero-order valence-corrected chi connectivity index (χ0v) is 24.9. The van der Waals surface area contributed by atoms with E-state index in [0.717, 1.165) is 25.7 Å². The number of epoxide rings is 1.